The molecule has 1 N–H and O–H groups in total. The van der Waals surface area contributed by atoms with Gasteiger partial charge in [-0.25, -0.2) is 13.8 Å². The summed E-state index contributed by atoms with van der Waals surface area (Å²) < 4.78 is 30.2. The first-order chi connectivity index (χ1) is 12.7. The normalized spacial score (nSPS) is 11.4. The first-order valence-corrected chi connectivity index (χ1v) is 10.2. The summed E-state index contributed by atoms with van der Waals surface area (Å²) in [6.07, 6.45) is 2.38. The van der Waals surface area contributed by atoms with Crippen molar-refractivity contribution >= 4 is 51.0 Å². The largest absolute Gasteiger partial charge is 0.496 e. The van der Waals surface area contributed by atoms with Crippen LogP contribution < -0.4 is 14.5 Å². The minimum absolute atomic E-state index is 0.179. The third-order valence-electron chi connectivity index (χ3n) is 3.35. The second-order valence-corrected chi connectivity index (χ2v) is 8.21. The number of nitrogens with one attached hydrogen (secondary N) is 1. The molecule has 0 heterocycles. The molecule has 144 valence electrons. The summed E-state index contributed by atoms with van der Waals surface area (Å²) in [5.41, 5.74) is 3.12. The standard InChI is InChI=1S/C17H17Cl2N3O4S/c1-26-16-6-4-3-5-12(16)10-20-21-17(23)11-22(27(2,24)25)15-8-13(18)7-14(19)9-15/h3-10H,11H2,1-2H3,(H,21,23)/b20-10-. The van der Waals surface area contributed by atoms with Crippen molar-refractivity contribution in [2.45, 2.75) is 0 Å². The third kappa shape index (κ3) is 6.13. The van der Waals surface area contributed by atoms with Crippen LogP contribution in [0.2, 0.25) is 10.0 Å². The molecule has 1 amide bonds. The summed E-state index contributed by atoms with van der Waals surface area (Å²) >= 11 is 11.8. The Hall–Kier alpha value is -2.29. The van der Waals surface area contributed by atoms with E-state index >= 15 is 0 Å². The van der Waals surface area contributed by atoms with Crippen molar-refractivity contribution in [3.05, 3.63) is 58.1 Å². The van der Waals surface area contributed by atoms with Crippen molar-refractivity contribution in [2.75, 3.05) is 24.2 Å². The van der Waals surface area contributed by atoms with Crippen LogP contribution in [0, 0.1) is 0 Å². The summed E-state index contributed by atoms with van der Waals surface area (Å²) in [5.74, 6) is -0.0514. The van der Waals surface area contributed by atoms with Gasteiger partial charge in [-0.3, -0.25) is 9.10 Å². The first kappa shape index (κ1) is 21.0. The van der Waals surface area contributed by atoms with Gasteiger partial charge in [-0.15, -0.1) is 0 Å². The maximum absolute atomic E-state index is 12.2. The molecule has 0 unspecified atom stereocenters. The average Bonchev–Trinajstić information content (AvgIpc) is 2.58. The lowest BCUT2D eigenvalue weighted by atomic mass is 10.2. The highest BCUT2D eigenvalue weighted by Crippen LogP contribution is 2.26. The molecular formula is C17H17Cl2N3O4S. The Morgan fingerprint density at radius 2 is 1.85 bits per heavy atom. The van der Waals surface area contributed by atoms with E-state index in [-0.39, 0.29) is 15.7 Å². The summed E-state index contributed by atoms with van der Waals surface area (Å²) in [7, 11) is -2.23. The molecule has 0 bridgehead atoms. The van der Waals surface area contributed by atoms with Crippen molar-refractivity contribution in [1.82, 2.24) is 5.43 Å². The van der Waals surface area contributed by atoms with Gasteiger partial charge in [0.15, 0.2) is 0 Å². The molecule has 0 aliphatic rings. The second kappa shape index (κ2) is 9.07. The zero-order valence-corrected chi connectivity index (χ0v) is 16.8. The van der Waals surface area contributed by atoms with Gasteiger partial charge in [0.05, 0.1) is 25.3 Å². The van der Waals surface area contributed by atoms with Gasteiger partial charge in [-0.1, -0.05) is 35.3 Å². The van der Waals surface area contributed by atoms with Crippen molar-refractivity contribution in [3.8, 4) is 5.75 Å². The summed E-state index contributed by atoms with van der Waals surface area (Å²) in [5, 5.41) is 4.34. The van der Waals surface area contributed by atoms with Crippen LogP contribution in [-0.4, -0.2) is 40.4 Å². The molecule has 0 aliphatic heterocycles. The van der Waals surface area contributed by atoms with Crippen LogP contribution in [-0.2, 0) is 14.8 Å². The van der Waals surface area contributed by atoms with Gasteiger partial charge in [0, 0.05) is 15.6 Å². The fourth-order valence-electron chi connectivity index (χ4n) is 2.20. The van der Waals surface area contributed by atoms with Crippen LogP contribution in [0.25, 0.3) is 0 Å². The number of para-hydroxylation sites is 1. The molecule has 0 spiro atoms. The molecule has 2 rings (SSSR count). The Morgan fingerprint density at radius 1 is 1.22 bits per heavy atom. The van der Waals surface area contributed by atoms with Gasteiger partial charge in [0.25, 0.3) is 5.91 Å². The number of nitrogens with zero attached hydrogens (tertiary/aromatic N) is 2. The van der Waals surface area contributed by atoms with Gasteiger partial charge in [0.2, 0.25) is 10.0 Å². The Kier molecular flexibility index (Phi) is 7.06. The predicted molar refractivity (Wildman–Crippen MR) is 107 cm³/mol. The number of anilines is 1. The zero-order valence-electron chi connectivity index (χ0n) is 14.5. The number of halogens is 2. The number of ether oxygens (including phenoxy) is 1. The SMILES string of the molecule is COc1ccccc1/C=N\NC(=O)CN(c1cc(Cl)cc(Cl)c1)S(C)(=O)=O. The highest BCUT2D eigenvalue weighted by molar-refractivity contribution is 7.92. The van der Waals surface area contributed by atoms with Crippen LogP contribution >= 0.6 is 23.2 Å². The summed E-state index contributed by atoms with van der Waals surface area (Å²) in [4.78, 5) is 12.2. The first-order valence-electron chi connectivity index (χ1n) is 7.59. The van der Waals surface area contributed by atoms with Gasteiger partial charge < -0.3 is 4.74 Å². The van der Waals surface area contributed by atoms with E-state index in [1.165, 1.54) is 31.5 Å². The molecule has 0 fully saturated rings. The minimum Gasteiger partial charge on any atom is -0.496 e. The Balaban J connectivity index is 2.14. The van der Waals surface area contributed by atoms with E-state index in [4.69, 9.17) is 27.9 Å². The number of hydrazone groups is 1. The van der Waals surface area contributed by atoms with Gasteiger partial charge in [-0.2, -0.15) is 5.10 Å². The predicted octanol–water partition coefficient (Wildman–Crippen LogP) is 2.92. The fourth-order valence-corrected chi connectivity index (χ4v) is 3.55. The molecule has 0 aromatic heterocycles. The molecule has 0 radical (unpaired) electrons. The average molecular weight is 430 g/mol. The molecule has 7 nitrogen and oxygen atoms in total. The number of benzene rings is 2. The van der Waals surface area contributed by atoms with Crippen molar-refractivity contribution in [3.63, 3.8) is 0 Å². The zero-order chi connectivity index (χ0) is 20.0. The molecule has 0 saturated heterocycles. The van der Waals surface area contributed by atoms with Gasteiger partial charge >= 0.3 is 0 Å². The van der Waals surface area contributed by atoms with E-state index in [2.05, 4.69) is 10.5 Å². The summed E-state index contributed by atoms with van der Waals surface area (Å²) in [6.45, 7) is -0.487. The summed E-state index contributed by atoms with van der Waals surface area (Å²) in [6, 6.07) is 11.4. The van der Waals surface area contributed by atoms with Crippen LogP contribution in [0.15, 0.2) is 47.6 Å². The number of methoxy groups -OCH3 is 1. The van der Waals surface area contributed by atoms with Crippen molar-refractivity contribution in [1.29, 1.82) is 0 Å². The maximum atomic E-state index is 12.2. The van der Waals surface area contributed by atoms with Crippen LogP contribution in [0.3, 0.4) is 0 Å². The van der Waals surface area contributed by atoms with Crippen molar-refractivity contribution in [2.24, 2.45) is 5.10 Å². The molecule has 2 aromatic carbocycles. The lowest BCUT2D eigenvalue weighted by Crippen LogP contribution is -2.39. The molecular weight excluding hydrogens is 413 g/mol. The smallest absolute Gasteiger partial charge is 0.260 e. The number of amides is 1. The molecule has 2 aromatic rings. The number of carbonyl (C=O) groups excluding carboxylic acids is 1. The monoisotopic (exact) mass is 429 g/mol. The number of sulfonamides is 1. The Morgan fingerprint density at radius 3 is 2.44 bits per heavy atom. The van der Waals surface area contributed by atoms with Gasteiger partial charge in [0.1, 0.15) is 12.3 Å². The van der Waals surface area contributed by atoms with Crippen LogP contribution in [0.4, 0.5) is 5.69 Å². The second-order valence-electron chi connectivity index (χ2n) is 5.43. The molecule has 0 aliphatic carbocycles. The lowest BCUT2D eigenvalue weighted by Gasteiger charge is -2.21. The maximum Gasteiger partial charge on any atom is 0.260 e. The molecule has 0 atom stereocenters. The number of rotatable bonds is 7. The minimum atomic E-state index is -3.75. The number of hydrogen-bond acceptors (Lipinski definition) is 5. The van der Waals surface area contributed by atoms with Crippen molar-refractivity contribution < 1.29 is 17.9 Å². The third-order valence-corrected chi connectivity index (χ3v) is 4.93. The Bertz CT molecular complexity index is 944. The van der Waals surface area contributed by atoms with Crippen LogP contribution in [0.5, 0.6) is 5.75 Å². The Labute approximate surface area is 167 Å². The quantitative estimate of drug-likeness (QED) is 0.541. The van der Waals surface area contributed by atoms with E-state index in [9.17, 15) is 13.2 Å². The highest BCUT2D eigenvalue weighted by Gasteiger charge is 2.21. The molecule has 10 heteroatoms. The fraction of sp³-hybridized carbons (Fsp3) is 0.176. The lowest BCUT2D eigenvalue weighted by molar-refractivity contribution is -0.119. The van der Waals surface area contributed by atoms with E-state index < -0.39 is 22.5 Å². The highest BCUT2D eigenvalue weighted by atomic mass is 35.5. The van der Waals surface area contributed by atoms with E-state index in [0.29, 0.717) is 11.3 Å². The molecule has 0 saturated carbocycles. The van der Waals surface area contributed by atoms with Gasteiger partial charge in [-0.05, 0) is 30.3 Å². The van der Waals surface area contributed by atoms with Crippen LogP contribution in [0.1, 0.15) is 5.56 Å². The number of hydrogen-bond donors (Lipinski definition) is 1. The number of carbonyl (C=O) groups is 1. The molecule has 27 heavy (non-hydrogen) atoms. The van der Waals surface area contributed by atoms with E-state index in [1.807, 2.05) is 0 Å². The van der Waals surface area contributed by atoms with E-state index in [0.717, 1.165) is 10.6 Å². The topological polar surface area (TPSA) is 88.1 Å². The van der Waals surface area contributed by atoms with E-state index in [1.54, 1.807) is 24.3 Å².